The molecule has 0 unspecified atom stereocenters. The minimum atomic E-state index is -0.461. The number of hydrogen-bond donors (Lipinski definition) is 0. The molecule has 0 radical (unpaired) electrons. The summed E-state index contributed by atoms with van der Waals surface area (Å²) in [5.41, 5.74) is 0. The van der Waals surface area contributed by atoms with Gasteiger partial charge < -0.3 is 0 Å². The highest BCUT2D eigenvalue weighted by Crippen LogP contribution is 2.14. The van der Waals surface area contributed by atoms with Gasteiger partial charge >= 0.3 is 0 Å². The average molecular weight is 136 g/mol. The van der Waals surface area contributed by atoms with Gasteiger partial charge in [0.1, 0.15) is 0 Å². The molecule has 0 fully saturated rings. The van der Waals surface area contributed by atoms with Crippen molar-refractivity contribution in [2.75, 3.05) is 0 Å². The Labute approximate surface area is 59.2 Å². The van der Waals surface area contributed by atoms with E-state index in [0.717, 1.165) is 0 Å². The first-order valence-corrected chi connectivity index (χ1v) is 3.12. The van der Waals surface area contributed by atoms with Gasteiger partial charge in [0.2, 0.25) is 0 Å². The van der Waals surface area contributed by atoms with Crippen molar-refractivity contribution in [1.29, 1.82) is 0 Å². The molecule has 0 atom stereocenters. The van der Waals surface area contributed by atoms with Gasteiger partial charge in [0.15, 0.2) is 11.6 Å². The monoisotopic (exact) mass is 136 g/mol. The van der Waals surface area contributed by atoms with Gasteiger partial charge in [0.25, 0.3) is 0 Å². The second-order valence-corrected chi connectivity index (χ2v) is 2.22. The van der Waals surface area contributed by atoms with Gasteiger partial charge in [-0.15, -0.1) is 6.58 Å². The van der Waals surface area contributed by atoms with Crippen molar-refractivity contribution in [2.24, 2.45) is 5.92 Å². The molecule has 0 saturated heterocycles. The highest BCUT2D eigenvalue weighted by molar-refractivity contribution is 6.18. The van der Waals surface area contributed by atoms with Crippen LogP contribution in [-0.2, 0) is 9.59 Å². The molecule has 0 N–H and O–H groups in total. The van der Waals surface area contributed by atoms with E-state index in [9.17, 15) is 9.59 Å². The Kier molecular flexibility index (Phi) is 1.81. The van der Waals surface area contributed by atoms with Crippen LogP contribution in [-0.4, -0.2) is 11.6 Å². The summed E-state index contributed by atoms with van der Waals surface area (Å²) in [5.74, 6) is -0.646. The van der Waals surface area contributed by atoms with Gasteiger partial charge in [-0.25, -0.2) is 0 Å². The lowest BCUT2D eigenvalue weighted by atomic mass is 10.0. The van der Waals surface area contributed by atoms with E-state index >= 15 is 0 Å². The minimum absolute atomic E-state index is 0.0927. The van der Waals surface area contributed by atoms with Crippen molar-refractivity contribution < 1.29 is 9.59 Å². The first-order chi connectivity index (χ1) is 4.75. The molecule has 0 aromatic carbocycles. The maximum absolute atomic E-state index is 10.8. The third kappa shape index (κ3) is 1.05. The normalized spacial score (nSPS) is 18.4. The lowest BCUT2D eigenvalue weighted by molar-refractivity contribution is -0.125. The van der Waals surface area contributed by atoms with Crippen molar-refractivity contribution in [2.45, 2.75) is 6.42 Å². The van der Waals surface area contributed by atoms with Crippen molar-refractivity contribution >= 4 is 11.6 Å². The van der Waals surface area contributed by atoms with E-state index in [0.29, 0.717) is 6.42 Å². The van der Waals surface area contributed by atoms with Crippen LogP contribution >= 0.6 is 0 Å². The Morgan fingerprint density at radius 3 is 2.30 bits per heavy atom. The molecule has 1 aliphatic rings. The Morgan fingerprint density at radius 2 is 1.90 bits per heavy atom. The van der Waals surface area contributed by atoms with Crippen molar-refractivity contribution in [3.8, 4) is 0 Å². The van der Waals surface area contributed by atoms with E-state index in [1.165, 1.54) is 12.2 Å². The van der Waals surface area contributed by atoms with Gasteiger partial charge in [-0.2, -0.15) is 0 Å². The zero-order valence-corrected chi connectivity index (χ0v) is 5.54. The molecule has 0 aromatic heterocycles. The lowest BCUT2D eigenvalue weighted by Gasteiger charge is -1.99. The summed E-state index contributed by atoms with van der Waals surface area (Å²) in [6.07, 6.45) is 4.71. The Balaban J connectivity index is 2.69. The molecule has 52 valence electrons. The highest BCUT2D eigenvalue weighted by atomic mass is 16.2. The van der Waals surface area contributed by atoms with Crippen LogP contribution in [0.2, 0.25) is 0 Å². The van der Waals surface area contributed by atoms with Crippen molar-refractivity contribution in [3.05, 3.63) is 24.8 Å². The van der Waals surface area contributed by atoms with Crippen LogP contribution in [0.3, 0.4) is 0 Å². The molecule has 0 heterocycles. The molecule has 0 bridgehead atoms. The SMILES string of the molecule is C=CCC1C(=O)C=CC1=O. The molecule has 0 spiro atoms. The predicted molar refractivity (Wildman–Crippen MR) is 37.5 cm³/mol. The fourth-order valence-corrected chi connectivity index (χ4v) is 0.936. The first kappa shape index (κ1) is 6.93. The van der Waals surface area contributed by atoms with Crippen LogP contribution in [0.4, 0.5) is 0 Å². The van der Waals surface area contributed by atoms with Crippen LogP contribution in [0.25, 0.3) is 0 Å². The van der Waals surface area contributed by atoms with E-state index in [4.69, 9.17) is 0 Å². The van der Waals surface area contributed by atoms with Crippen LogP contribution in [0.5, 0.6) is 0 Å². The van der Waals surface area contributed by atoms with E-state index in [1.807, 2.05) is 0 Å². The summed E-state index contributed by atoms with van der Waals surface area (Å²) in [5, 5.41) is 0. The molecular formula is C8H8O2. The lowest BCUT2D eigenvalue weighted by Crippen LogP contribution is -2.13. The summed E-state index contributed by atoms with van der Waals surface area (Å²) >= 11 is 0. The molecule has 2 nitrogen and oxygen atoms in total. The molecule has 1 rings (SSSR count). The standard InChI is InChI=1S/C8H8O2/c1-2-3-6-7(9)4-5-8(6)10/h2,4-6H,1,3H2. The summed E-state index contributed by atoms with van der Waals surface area (Å²) in [7, 11) is 0. The van der Waals surface area contributed by atoms with Crippen LogP contribution in [0.1, 0.15) is 6.42 Å². The predicted octanol–water partition coefficient (Wildman–Crippen LogP) is 0.887. The average Bonchev–Trinajstić information content (AvgIpc) is 2.20. The molecule has 0 aromatic rings. The third-order valence-electron chi connectivity index (χ3n) is 1.50. The highest BCUT2D eigenvalue weighted by Gasteiger charge is 2.25. The number of rotatable bonds is 2. The van der Waals surface area contributed by atoms with Gasteiger partial charge in [0.05, 0.1) is 5.92 Å². The van der Waals surface area contributed by atoms with Gasteiger partial charge in [-0.1, -0.05) is 6.08 Å². The zero-order chi connectivity index (χ0) is 7.56. The van der Waals surface area contributed by atoms with Crippen LogP contribution in [0, 0.1) is 5.92 Å². The Bertz CT molecular complexity index is 195. The molecule has 0 amide bonds. The minimum Gasteiger partial charge on any atom is -0.294 e. The van der Waals surface area contributed by atoms with Gasteiger partial charge in [-0.3, -0.25) is 9.59 Å². The number of carbonyl (C=O) groups is 2. The topological polar surface area (TPSA) is 34.1 Å². The van der Waals surface area contributed by atoms with Crippen molar-refractivity contribution in [3.63, 3.8) is 0 Å². The number of hydrogen-bond acceptors (Lipinski definition) is 2. The first-order valence-electron chi connectivity index (χ1n) is 3.12. The summed E-state index contributed by atoms with van der Waals surface area (Å²) in [6, 6.07) is 0. The second-order valence-electron chi connectivity index (χ2n) is 2.22. The Hall–Kier alpha value is -1.18. The molecule has 0 aliphatic heterocycles. The molecule has 1 aliphatic carbocycles. The van der Waals surface area contributed by atoms with Crippen LogP contribution in [0.15, 0.2) is 24.8 Å². The fourth-order valence-electron chi connectivity index (χ4n) is 0.936. The maximum Gasteiger partial charge on any atom is 0.166 e. The summed E-state index contributed by atoms with van der Waals surface area (Å²) in [6.45, 7) is 3.46. The number of ketones is 2. The zero-order valence-electron chi connectivity index (χ0n) is 5.54. The van der Waals surface area contributed by atoms with Crippen LogP contribution < -0.4 is 0 Å². The van der Waals surface area contributed by atoms with Crippen molar-refractivity contribution in [1.82, 2.24) is 0 Å². The summed E-state index contributed by atoms with van der Waals surface area (Å²) in [4.78, 5) is 21.6. The third-order valence-corrected chi connectivity index (χ3v) is 1.50. The van der Waals surface area contributed by atoms with E-state index in [2.05, 4.69) is 6.58 Å². The second kappa shape index (κ2) is 2.60. The molecule has 2 heteroatoms. The fraction of sp³-hybridized carbons (Fsp3) is 0.250. The number of carbonyl (C=O) groups excluding carboxylic acids is 2. The van der Waals surface area contributed by atoms with E-state index < -0.39 is 5.92 Å². The van der Waals surface area contributed by atoms with E-state index in [-0.39, 0.29) is 11.6 Å². The maximum atomic E-state index is 10.8. The number of allylic oxidation sites excluding steroid dienone is 3. The van der Waals surface area contributed by atoms with Gasteiger partial charge in [0, 0.05) is 0 Å². The van der Waals surface area contributed by atoms with Gasteiger partial charge in [-0.05, 0) is 18.6 Å². The summed E-state index contributed by atoms with van der Waals surface area (Å²) < 4.78 is 0. The molecule has 0 saturated carbocycles. The smallest absolute Gasteiger partial charge is 0.166 e. The molecular weight excluding hydrogens is 128 g/mol. The van der Waals surface area contributed by atoms with E-state index in [1.54, 1.807) is 6.08 Å². The quantitative estimate of drug-likeness (QED) is 0.417. The molecule has 10 heavy (non-hydrogen) atoms. The largest absolute Gasteiger partial charge is 0.294 e. The Morgan fingerprint density at radius 1 is 1.40 bits per heavy atom.